The molecule has 2 N–H and O–H groups in total. The van der Waals surface area contributed by atoms with Gasteiger partial charge >= 0.3 is 0 Å². The van der Waals surface area contributed by atoms with Gasteiger partial charge in [0.15, 0.2) is 0 Å². The number of benzene rings is 1. The number of anilines is 2. The third-order valence-electron chi connectivity index (χ3n) is 6.75. The Hall–Kier alpha value is -3.27. The Labute approximate surface area is 224 Å². The highest BCUT2D eigenvalue weighted by Gasteiger charge is 2.33. The van der Waals surface area contributed by atoms with E-state index in [1.165, 1.54) is 17.5 Å². The van der Waals surface area contributed by atoms with Gasteiger partial charge in [-0.05, 0) is 49.4 Å². The molecule has 5 rings (SSSR count). The molecule has 2 fully saturated rings. The first-order valence-corrected chi connectivity index (χ1v) is 13.5. The average Bonchev–Trinajstić information content (AvgIpc) is 3.35. The topological polar surface area (TPSA) is 101 Å². The number of aromatic nitrogens is 1. The monoisotopic (exact) mass is 538 g/mol. The molecule has 0 bridgehead atoms. The van der Waals surface area contributed by atoms with Crippen molar-refractivity contribution < 1.29 is 19.1 Å². The van der Waals surface area contributed by atoms with Crippen LogP contribution in [0.5, 0.6) is 0 Å². The van der Waals surface area contributed by atoms with Gasteiger partial charge in [0.05, 0.1) is 17.3 Å². The van der Waals surface area contributed by atoms with E-state index in [0.717, 1.165) is 23.3 Å². The SMILES string of the molecule is O=C(Nc1ccc(Cl)cn1)c1sc(-c2ccccc2)cc1NC(=O)C1CCC(N2CCOCC2=O)CC1. The Morgan fingerprint density at radius 2 is 1.84 bits per heavy atom. The van der Waals surface area contributed by atoms with Crippen molar-refractivity contribution in [1.82, 2.24) is 9.88 Å². The van der Waals surface area contributed by atoms with Crippen molar-refractivity contribution in [2.24, 2.45) is 5.92 Å². The quantitative estimate of drug-likeness (QED) is 0.456. The van der Waals surface area contributed by atoms with Crippen LogP contribution in [0.15, 0.2) is 54.7 Å². The van der Waals surface area contributed by atoms with Gasteiger partial charge in [-0.3, -0.25) is 14.4 Å². The smallest absolute Gasteiger partial charge is 0.269 e. The molecule has 0 atom stereocenters. The van der Waals surface area contributed by atoms with Crippen LogP contribution in [0.1, 0.15) is 35.4 Å². The number of pyridine rings is 1. The molecular formula is C27H27ClN4O4S. The summed E-state index contributed by atoms with van der Waals surface area (Å²) in [5, 5.41) is 6.28. The van der Waals surface area contributed by atoms with E-state index in [0.29, 0.717) is 47.4 Å². The number of hydrogen-bond acceptors (Lipinski definition) is 6. The van der Waals surface area contributed by atoms with E-state index in [-0.39, 0.29) is 36.3 Å². The molecule has 1 saturated carbocycles. The van der Waals surface area contributed by atoms with Crippen molar-refractivity contribution in [1.29, 1.82) is 0 Å². The molecule has 2 aliphatic rings. The molecule has 0 radical (unpaired) electrons. The van der Waals surface area contributed by atoms with Gasteiger partial charge in [0.25, 0.3) is 5.91 Å². The number of thiophene rings is 1. The molecule has 0 spiro atoms. The third kappa shape index (κ3) is 6.01. The summed E-state index contributed by atoms with van der Waals surface area (Å²) in [5.41, 5.74) is 1.44. The van der Waals surface area contributed by atoms with E-state index >= 15 is 0 Å². The second-order valence-electron chi connectivity index (χ2n) is 9.17. The second-order valence-corrected chi connectivity index (χ2v) is 10.7. The summed E-state index contributed by atoms with van der Waals surface area (Å²) in [6.45, 7) is 1.31. The van der Waals surface area contributed by atoms with E-state index in [2.05, 4.69) is 15.6 Å². The number of carbonyl (C=O) groups is 3. The van der Waals surface area contributed by atoms with Crippen LogP contribution in [0.4, 0.5) is 11.5 Å². The highest BCUT2D eigenvalue weighted by Crippen LogP contribution is 2.36. The van der Waals surface area contributed by atoms with Crippen LogP contribution in [0.25, 0.3) is 10.4 Å². The fraction of sp³-hybridized carbons (Fsp3) is 0.333. The van der Waals surface area contributed by atoms with E-state index in [1.54, 1.807) is 12.1 Å². The first kappa shape index (κ1) is 25.4. The lowest BCUT2D eigenvalue weighted by molar-refractivity contribution is -0.146. The first-order chi connectivity index (χ1) is 18.0. The fourth-order valence-electron chi connectivity index (χ4n) is 4.82. The van der Waals surface area contributed by atoms with Gasteiger partial charge in [0.1, 0.15) is 17.3 Å². The minimum Gasteiger partial charge on any atom is -0.370 e. The second kappa shape index (κ2) is 11.4. The molecule has 0 unspecified atom stereocenters. The van der Waals surface area contributed by atoms with Crippen molar-refractivity contribution in [3.63, 3.8) is 0 Å². The maximum absolute atomic E-state index is 13.3. The molecule has 3 aromatic rings. The zero-order valence-corrected chi connectivity index (χ0v) is 21.7. The average molecular weight is 539 g/mol. The van der Waals surface area contributed by atoms with E-state index in [9.17, 15) is 14.4 Å². The number of carbonyl (C=O) groups excluding carboxylic acids is 3. The Bertz CT molecular complexity index is 1270. The maximum Gasteiger partial charge on any atom is 0.269 e. The molecule has 3 heterocycles. The number of morpholine rings is 1. The van der Waals surface area contributed by atoms with Crippen molar-refractivity contribution in [2.45, 2.75) is 31.7 Å². The van der Waals surface area contributed by atoms with Gasteiger partial charge in [-0.2, -0.15) is 0 Å². The summed E-state index contributed by atoms with van der Waals surface area (Å²) in [5.74, 6) is -0.245. The van der Waals surface area contributed by atoms with Gasteiger partial charge in [-0.1, -0.05) is 41.9 Å². The Morgan fingerprint density at radius 3 is 2.54 bits per heavy atom. The number of nitrogens with zero attached hydrogens (tertiary/aromatic N) is 2. The molecule has 8 nitrogen and oxygen atoms in total. The highest BCUT2D eigenvalue weighted by atomic mass is 35.5. The molecule has 10 heteroatoms. The molecule has 1 saturated heterocycles. The minimum atomic E-state index is -0.355. The predicted octanol–water partition coefficient (Wildman–Crippen LogP) is 5.07. The van der Waals surface area contributed by atoms with Crippen LogP contribution >= 0.6 is 22.9 Å². The Morgan fingerprint density at radius 1 is 1.05 bits per heavy atom. The van der Waals surface area contributed by atoms with E-state index in [4.69, 9.17) is 16.3 Å². The largest absolute Gasteiger partial charge is 0.370 e. The molecular weight excluding hydrogens is 512 g/mol. The van der Waals surface area contributed by atoms with Crippen LogP contribution in [0.3, 0.4) is 0 Å². The minimum absolute atomic E-state index is 0.0247. The Balaban J connectivity index is 1.30. The summed E-state index contributed by atoms with van der Waals surface area (Å²) < 4.78 is 5.24. The van der Waals surface area contributed by atoms with Crippen molar-refractivity contribution in [3.05, 3.63) is 64.6 Å². The van der Waals surface area contributed by atoms with Crippen molar-refractivity contribution in [3.8, 4) is 10.4 Å². The molecule has 37 heavy (non-hydrogen) atoms. The van der Waals surface area contributed by atoms with Crippen LogP contribution in [-0.2, 0) is 14.3 Å². The predicted molar refractivity (Wildman–Crippen MR) is 144 cm³/mol. The molecule has 3 amide bonds. The van der Waals surface area contributed by atoms with Crippen LogP contribution in [0.2, 0.25) is 5.02 Å². The van der Waals surface area contributed by atoms with Gasteiger partial charge in [0.2, 0.25) is 11.8 Å². The van der Waals surface area contributed by atoms with Crippen LogP contribution < -0.4 is 10.6 Å². The zero-order chi connectivity index (χ0) is 25.8. The van der Waals surface area contributed by atoms with Gasteiger partial charge in [-0.15, -0.1) is 11.3 Å². The first-order valence-electron chi connectivity index (χ1n) is 12.3. The lowest BCUT2D eigenvalue weighted by Gasteiger charge is -2.38. The van der Waals surface area contributed by atoms with E-state index < -0.39 is 0 Å². The number of amides is 3. The van der Waals surface area contributed by atoms with Gasteiger partial charge < -0.3 is 20.3 Å². The van der Waals surface area contributed by atoms with Crippen molar-refractivity contribution >= 4 is 52.2 Å². The lowest BCUT2D eigenvalue weighted by atomic mass is 9.84. The maximum atomic E-state index is 13.3. The van der Waals surface area contributed by atoms with Gasteiger partial charge in [-0.25, -0.2) is 4.98 Å². The number of halogens is 1. The molecule has 192 valence electrons. The normalized spacial score (nSPS) is 19.9. The standard InChI is InChI=1S/C27H27ClN4O4S/c28-19-8-11-23(29-15-19)31-27(35)25-21(14-22(37-25)17-4-2-1-3-5-17)30-26(34)18-6-9-20(10-7-18)32-12-13-36-16-24(32)33/h1-5,8,11,14-15,18,20H,6-7,9-10,12-13,16H2,(H,30,34)(H,29,31,35). The third-order valence-corrected chi connectivity index (χ3v) is 8.16. The summed E-state index contributed by atoms with van der Waals surface area (Å²) in [7, 11) is 0. The number of hydrogen-bond donors (Lipinski definition) is 2. The molecule has 1 aliphatic heterocycles. The van der Waals surface area contributed by atoms with Crippen LogP contribution in [-0.4, -0.2) is 53.4 Å². The zero-order valence-electron chi connectivity index (χ0n) is 20.1. The molecule has 2 aromatic heterocycles. The van der Waals surface area contributed by atoms with Crippen molar-refractivity contribution in [2.75, 3.05) is 30.4 Å². The number of nitrogens with one attached hydrogen (secondary N) is 2. The summed E-state index contributed by atoms with van der Waals surface area (Å²) in [4.78, 5) is 46.0. The fourth-order valence-corrected chi connectivity index (χ4v) is 5.95. The van der Waals surface area contributed by atoms with E-state index in [1.807, 2.05) is 41.3 Å². The number of rotatable bonds is 6. The Kier molecular flexibility index (Phi) is 7.83. The van der Waals surface area contributed by atoms with Gasteiger partial charge in [0, 0.05) is 29.6 Å². The summed E-state index contributed by atoms with van der Waals surface area (Å²) in [6.07, 6.45) is 4.39. The lowest BCUT2D eigenvalue weighted by Crippen LogP contribution is -2.49. The number of ether oxygens (including phenoxy) is 1. The van der Waals surface area contributed by atoms with Crippen LogP contribution in [0, 0.1) is 5.92 Å². The summed E-state index contributed by atoms with van der Waals surface area (Å²) in [6, 6.07) is 15.0. The molecule has 1 aromatic carbocycles. The highest BCUT2D eigenvalue weighted by molar-refractivity contribution is 7.18. The molecule has 1 aliphatic carbocycles. The summed E-state index contributed by atoms with van der Waals surface area (Å²) >= 11 is 7.22.